The third kappa shape index (κ3) is 8.95. The molecular weight excluding hydrogens is 597 g/mol. The molecule has 2 aromatic heterocycles. The monoisotopic (exact) mass is 642 g/mol. The van der Waals surface area contributed by atoms with Gasteiger partial charge in [0, 0.05) is 49.0 Å². The van der Waals surface area contributed by atoms with E-state index in [1.807, 2.05) is 42.2 Å². The lowest BCUT2D eigenvalue weighted by atomic mass is 10.1. The van der Waals surface area contributed by atoms with Gasteiger partial charge < -0.3 is 31.3 Å². The molecule has 0 radical (unpaired) electrons. The van der Waals surface area contributed by atoms with Crippen molar-refractivity contribution in [2.24, 2.45) is 16.6 Å². The molecule has 6 rings (SSSR count). The van der Waals surface area contributed by atoms with Crippen LogP contribution in [0.4, 0.5) is 10.9 Å². The number of allylic oxidation sites excluding steroid dienone is 1. The molecule has 1 saturated carbocycles. The minimum absolute atomic E-state index is 0.000156. The summed E-state index contributed by atoms with van der Waals surface area (Å²) >= 11 is 1.69. The normalized spacial score (nSPS) is 18.5. The number of amides is 1. The summed E-state index contributed by atoms with van der Waals surface area (Å²) in [5.41, 5.74) is 16.0. The summed E-state index contributed by atoms with van der Waals surface area (Å²) in [4.78, 5) is 31.6. The molecule has 2 aliphatic heterocycles. The number of nitrogens with one attached hydrogen (secondary N) is 1. The number of ether oxygens (including phenoxy) is 1. The average molecular weight is 643 g/mol. The molecule has 0 spiro atoms. The number of nitrogens with two attached hydrogens (primary N) is 2. The van der Waals surface area contributed by atoms with E-state index in [1.54, 1.807) is 29.7 Å². The Hall–Kier alpha value is -4.22. The smallest absolute Gasteiger partial charge is 0.246 e. The van der Waals surface area contributed by atoms with Crippen LogP contribution in [-0.2, 0) is 17.8 Å². The van der Waals surface area contributed by atoms with Crippen LogP contribution in [0.15, 0.2) is 60.3 Å². The summed E-state index contributed by atoms with van der Waals surface area (Å²) in [7, 11) is 2.11. The van der Waals surface area contributed by atoms with E-state index in [2.05, 4.69) is 35.8 Å². The van der Waals surface area contributed by atoms with E-state index in [-0.39, 0.29) is 23.6 Å². The highest BCUT2D eigenvalue weighted by molar-refractivity contribution is 7.15. The molecule has 1 atom stereocenters. The van der Waals surface area contributed by atoms with Gasteiger partial charge in [-0.2, -0.15) is 0 Å². The fourth-order valence-electron chi connectivity index (χ4n) is 5.25. The second-order valence-electron chi connectivity index (χ2n) is 12.3. The summed E-state index contributed by atoms with van der Waals surface area (Å²) in [5, 5.41) is 4.21. The van der Waals surface area contributed by atoms with Gasteiger partial charge in [-0.05, 0) is 74.6 Å². The second kappa shape index (κ2) is 15.4. The Morgan fingerprint density at radius 2 is 1.98 bits per heavy atom. The number of carbonyl (C=O) groups is 1. The molecule has 2 fully saturated rings. The maximum Gasteiger partial charge on any atom is 0.246 e. The number of anilines is 2. The number of likely N-dealkylation sites (tertiary alicyclic amines) is 1. The Morgan fingerprint density at radius 3 is 2.70 bits per heavy atom. The maximum atomic E-state index is 12.5. The predicted molar refractivity (Wildman–Crippen MR) is 188 cm³/mol. The molecule has 244 valence electrons. The number of benzene rings is 1. The van der Waals surface area contributed by atoms with Crippen molar-refractivity contribution < 1.29 is 9.53 Å². The lowest BCUT2D eigenvalue weighted by Gasteiger charge is -2.30. The Balaban J connectivity index is 0.000000966. The van der Waals surface area contributed by atoms with E-state index in [0.717, 1.165) is 66.8 Å². The average Bonchev–Trinajstić information content (AvgIpc) is 3.73. The van der Waals surface area contributed by atoms with Crippen LogP contribution in [0.2, 0.25) is 0 Å². The van der Waals surface area contributed by atoms with Crippen molar-refractivity contribution in [3.63, 3.8) is 0 Å². The zero-order valence-corrected chi connectivity index (χ0v) is 28.0. The second-order valence-corrected chi connectivity index (χ2v) is 13.3. The highest BCUT2D eigenvalue weighted by Gasteiger charge is 2.24. The number of nitrogen functional groups attached to an aromatic ring is 1. The molecule has 3 aromatic rings. The number of nitrogens with zero attached hydrogens (tertiary/aromatic N) is 5. The van der Waals surface area contributed by atoms with Gasteiger partial charge in [0.1, 0.15) is 28.7 Å². The fourth-order valence-corrected chi connectivity index (χ4v) is 6.23. The van der Waals surface area contributed by atoms with Crippen molar-refractivity contribution in [2.45, 2.75) is 65.0 Å². The van der Waals surface area contributed by atoms with E-state index in [9.17, 15) is 4.79 Å². The van der Waals surface area contributed by atoms with Gasteiger partial charge in [0.15, 0.2) is 5.13 Å². The number of hydrogen-bond acceptors (Lipinski definition) is 9. The van der Waals surface area contributed by atoms with E-state index in [0.29, 0.717) is 30.2 Å². The van der Waals surface area contributed by atoms with Gasteiger partial charge in [0.05, 0.1) is 11.7 Å². The van der Waals surface area contributed by atoms with Gasteiger partial charge >= 0.3 is 0 Å². The predicted octanol–water partition coefficient (Wildman–Crippen LogP) is 6.06. The van der Waals surface area contributed by atoms with E-state index in [4.69, 9.17) is 26.2 Å². The van der Waals surface area contributed by atoms with Crippen LogP contribution < -0.4 is 21.5 Å². The molecule has 1 unspecified atom stereocenters. The van der Waals surface area contributed by atoms with E-state index < -0.39 is 0 Å². The van der Waals surface area contributed by atoms with Gasteiger partial charge in [0.2, 0.25) is 5.91 Å². The lowest BCUT2D eigenvalue weighted by Crippen LogP contribution is -2.41. The molecule has 4 heterocycles. The first kappa shape index (κ1) is 33.2. The van der Waals surface area contributed by atoms with Gasteiger partial charge in [-0.3, -0.25) is 9.79 Å². The van der Waals surface area contributed by atoms with Gasteiger partial charge in [-0.1, -0.05) is 39.3 Å². The van der Waals surface area contributed by atoms with Gasteiger partial charge in [-0.25, -0.2) is 9.97 Å². The number of thiazole rings is 1. The third-order valence-corrected chi connectivity index (χ3v) is 9.27. The van der Waals surface area contributed by atoms with Crippen LogP contribution in [-0.4, -0.2) is 64.2 Å². The Bertz CT molecular complexity index is 1580. The summed E-state index contributed by atoms with van der Waals surface area (Å²) in [6, 6.07) is 9.20. The van der Waals surface area contributed by atoms with Crippen molar-refractivity contribution >= 4 is 39.7 Å². The lowest BCUT2D eigenvalue weighted by molar-refractivity contribution is -0.127. The maximum absolute atomic E-state index is 12.5. The van der Waals surface area contributed by atoms with Crippen molar-refractivity contribution in [1.82, 2.24) is 19.8 Å². The van der Waals surface area contributed by atoms with E-state index >= 15 is 0 Å². The number of carbonyl (C=O) groups excluding carboxylic acids is 1. The molecule has 10 nitrogen and oxygen atoms in total. The first-order valence-electron chi connectivity index (χ1n) is 16.1. The molecule has 1 aliphatic carbocycles. The van der Waals surface area contributed by atoms with Gasteiger partial charge in [-0.15, -0.1) is 11.3 Å². The van der Waals surface area contributed by atoms with Crippen molar-refractivity contribution in [2.75, 3.05) is 37.7 Å². The molecule has 1 saturated heterocycles. The molecule has 11 heteroatoms. The largest absolute Gasteiger partial charge is 0.456 e. The van der Waals surface area contributed by atoms with Crippen LogP contribution >= 0.6 is 11.3 Å². The molecule has 1 aromatic carbocycles. The number of hydrogen-bond donors (Lipinski definition) is 3. The number of aliphatic imine (C=N–C) groups is 1. The highest BCUT2D eigenvalue weighted by atomic mass is 32.1. The third-order valence-electron chi connectivity index (χ3n) is 8.20. The number of amidine groups is 1. The summed E-state index contributed by atoms with van der Waals surface area (Å²) in [6.45, 7) is 11.6. The molecule has 0 bridgehead atoms. The van der Waals surface area contributed by atoms with Crippen LogP contribution in [0, 0.1) is 5.92 Å². The molecule has 3 aliphatic rings. The number of fused-ring (bicyclic) bond motifs is 1. The zero-order chi connectivity index (χ0) is 32.6. The number of likely N-dealkylation sites (N-methyl/N-ethyl adjacent to an activating group) is 1. The zero-order valence-electron chi connectivity index (χ0n) is 27.2. The number of piperidine rings is 1. The first-order valence-corrected chi connectivity index (χ1v) is 17.0. The van der Waals surface area contributed by atoms with Crippen LogP contribution in [0.25, 0.3) is 5.70 Å². The Kier molecular flexibility index (Phi) is 11.1. The molecular formula is C35H46N8O2S. The van der Waals surface area contributed by atoms with Crippen LogP contribution in [0.1, 0.15) is 67.6 Å². The highest BCUT2D eigenvalue weighted by Crippen LogP contribution is 2.32. The quantitative estimate of drug-likeness (QED) is 0.146. The minimum Gasteiger partial charge on any atom is -0.456 e. The molecule has 46 heavy (non-hydrogen) atoms. The molecule has 1 amide bonds. The summed E-state index contributed by atoms with van der Waals surface area (Å²) < 4.78 is 6.20. The SMILES string of the molecule is C=C(Nc1nc2c(s1)CCN(C)C2)c1ccc(Oc2ccnc(N)c2C(N)=NC2CCCN(C(=O)/C=C/CC)C2)cc1.CC1CC1. The first-order chi connectivity index (χ1) is 22.2. The van der Waals surface area contributed by atoms with E-state index in [1.165, 1.54) is 17.7 Å². The van der Waals surface area contributed by atoms with Crippen molar-refractivity contribution in [3.8, 4) is 11.5 Å². The minimum atomic E-state index is -0.132. The van der Waals surface area contributed by atoms with Crippen molar-refractivity contribution in [3.05, 3.63) is 77.0 Å². The topological polar surface area (TPSA) is 135 Å². The number of aromatic nitrogens is 2. The number of pyridine rings is 1. The number of rotatable bonds is 9. The fraction of sp³-hybridized carbons (Fsp3) is 0.429. The molecule has 5 N–H and O–H groups in total. The van der Waals surface area contributed by atoms with Gasteiger partial charge in [0.25, 0.3) is 0 Å². The summed E-state index contributed by atoms with van der Waals surface area (Å²) in [5.74, 6) is 2.62. The Labute approximate surface area is 276 Å². The van der Waals surface area contributed by atoms with Crippen LogP contribution in [0.5, 0.6) is 11.5 Å². The summed E-state index contributed by atoms with van der Waals surface area (Å²) in [6.07, 6.45) is 11.6. The van der Waals surface area contributed by atoms with Crippen LogP contribution in [0.3, 0.4) is 0 Å². The van der Waals surface area contributed by atoms with Crippen molar-refractivity contribution in [1.29, 1.82) is 0 Å². The standard InChI is InChI=1S/C31H38N8O2S.C4H8/c1-4-5-8-27(40)39-16-6-7-22(18-39)36-30(33)28-25(13-15-34-29(28)32)41-23-11-9-21(10-12-23)20(2)35-31-37-24-19-38(3)17-14-26(24)42-31;1-4-2-3-4/h5,8-13,15,22H,2,4,6-7,14,16-19H2,1,3H3,(H2,32,34)(H2,33,36)(H,35,37);4H,2-3H2,1H3/b8-5+;. The Morgan fingerprint density at radius 1 is 1.22 bits per heavy atom.